The lowest BCUT2D eigenvalue weighted by Gasteiger charge is -2.35. The molecule has 1 aromatic rings. The molecule has 19 heavy (non-hydrogen) atoms. The minimum atomic E-state index is 0.430. The van der Waals surface area contributed by atoms with Gasteiger partial charge in [-0.25, -0.2) is 4.98 Å². The van der Waals surface area contributed by atoms with Crippen LogP contribution >= 0.6 is 0 Å². The zero-order valence-electron chi connectivity index (χ0n) is 11.6. The molecule has 2 fully saturated rings. The monoisotopic (exact) mass is 264 g/mol. The molecule has 0 spiro atoms. The number of nitrogens with zero attached hydrogens (tertiary/aromatic N) is 3. The average molecular weight is 264 g/mol. The number of rotatable bonds is 4. The van der Waals surface area contributed by atoms with E-state index in [2.05, 4.69) is 20.1 Å². The Bertz CT molecular complexity index is 362. The summed E-state index contributed by atoms with van der Waals surface area (Å²) in [7, 11) is 0. The summed E-state index contributed by atoms with van der Waals surface area (Å²) in [6.45, 7) is 3.25. The van der Waals surface area contributed by atoms with Gasteiger partial charge in [-0.2, -0.15) is 5.10 Å². The molecule has 1 aromatic heterocycles. The Morgan fingerprint density at radius 3 is 3.00 bits per heavy atom. The molecule has 1 N–H and O–H groups in total. The number of likely N-dealkylation sites (tertiary alicyclic amines) is 1. The van der Waals surface area contributed by atoms with Gasteiger partial charge in [-0.1, -0.05) is 6.42 Å². The zero-order chi connectivity index (χ0) is 12.9. The van der Waals surface area contributed by atoms with E-state index in [-0.39, 0.29) is 0 Å². The molecule has 5 nitrogen and oxygen atoms in total. The predicted octanol–water partition coefficient (Wildman–Crippen LogP) is 2.29. The lowest BCUT2D eigenvalue weighted by atomic mass is 10.00. The van der Waals surface area contributed by atoms with Crippen molar-refractivity contribution < 1.29 is 4.74 Å². The molecule has 0 amide bonds. The summed E-state index contributed by atoms with van der Waals surface area (Å²) < 4.78 is 5.83. The Morgan fingerprint density at radius 2 is 2.21 bits per heavy atom. The van der Waals surface area contributed by atoms with E-state index in [0.29, 0.717) is 12.1 Å². The maximum atomic E-state index is 5.83. The molecule has 2 atom stereocenters. The van der Waals surface area contributed by atoms with Gasteiger partial charge in [0.05, 0.1) is 12.1 Å². The fourth-order valence-corrected chi connectivity index (χ4v) is 3.29. The Kier molecular flexibility index (Phi) is 4.45. The molecule has 3 heterocycles. The van der Waals surface area contributed by atoms with Gasteiger partial charge in [0, 0.05) is 13.2 Å². The topological polar surface area (TPSA) is 54.0 Å². The lowest BCUT2D eigenvalue weighted by Crippen LogP contribution is -2.36. The van der Waals surface area contributed by atoms with Gasteiger partial charge in [0.15, 0.2) is 0 Å². The average Bonchev–Trinajstić information content (AvgIpc) is 3.01. The van der Waals surface area contributed by atoms with Gasteiger partial charge >= 0.3 is 0 Å². The molecule has 0 aliphatic carbocycles. The Hall–Kier alpha value is -0.940. The van der Waals surface area contributed by atoms with Gasteiger partial charge in [0.1, 0.15) is 12.2 Å². The number of hydrogen-bond donors (Lipinski definition) is 1. The summed E-state index contributed by atoms with van der Waals surface area (Å²) in [5, 5.41) is 7.04. The fourth-order valence-electron chi connectivity index (χ4n) is 3.29. The second kappa shape index (κ2) is 6.48. The maximum Gasteiger partial charge on any atom is 0.141 e. The first-order chi connectivity index (χ1) is 9.43. The molecule has 2 aliphatic heterocycles. The predicted molar refractivity (Wildman–Crippen MR) is 72.8 cm³/mol. The molecule has 106 valence electrons. The van der Waals surface area contributed by atoms with Gasteiger partial charge in [-0.05, 0) is 45.1 Å². The fraction of sp³-hybridized carbons (Fsp3) is 0.857. The molecule has 0 saturated carbocycles. The van der Waals surface area contributed by atoms with Gasteiger partial charge in [-0.3, -0.25) is 10.00 Å². The van der Waals surface area contributed by atoms with Crippen molar-refractivity contribution in [3.63, 3.8) is 0 Å². The number of H-pyrrole nitrogens is 1. The van der Waals surface area contributed by atoms with Crippen LogP contribution in [0.15, 0.2) is 6.33 Å². The van der Waals surface area contributed by atoms with E-state index in [9.17, 15) is 0 Å². The minimum Gasteiger partial charge on any atom is -0.378 e. The van der Waals surface area contributed by atoms with Gasteiger partial charge in [0.25, 0.3) is 0 Å². The van der Waals surface area contributed by atoms with Crippen LogP contribution in [0.2, 0.25) is 0 Å². The van der Waals surface area contributed by atoms with Gasteiger partial charge in [-0.15, -0.1) is 0 Å². The Morgan fingerprint density at radius 1 is 1.26 bits per heavy atom. The van der Waals surface area contributed by atoms with Crippen molar-refractivity contribution in [3.8, 4) is 0 Å². The van der Waals surface area contributed by atoms with Crippen molar-refractivity contribution in [2.75, 3.05) is 19.7 Å². The van der Waals surface area contributed by atoms with Crippen LogP contribution in [0.25, 0.3) is 0 Å². The largest absolute Gasteiger partial charge is 0.378 e. The van der Waals surface area contributed by atoms with Crippen LogP contribution in [-0.4, -0.2) is 45.9 Å². The minimum absolute atomic E-state index is 0.430. The molecule has 0 aromatic carbocycles. The molecule has 3 rings (SSSR count). The van der Waals surface area contributed by atoms with Gasteiger partial charge in [0.2, 0.25) is 0 Å². The second-order valence-corrected chi connectivity index (χ2v) is 5.70. The summed E-state index contributed by atoms with van der Waals surface area (Å²) in [4.78, 5) is 6.90. The first-order valence-corrected chi connectivity index (χ1v) is 7.64. The van der Waals surface area contributed by atoms with Crippen LogP contribution in [0.4, 0.5) is 0 Å². The van der Waals surface area contributed by atoms with Crippen molar-refractivity contribution in [1.82, 2.24) is 20.1 Å². The van der Waals surface area contributed by atoms with E-state index in [1.54, 1.807) is 6.33 Å². The number of ether oxygens (including phenoxy) is 1. The molecule has 2 saturated heterocycles. The quantitative estimate of drug-likeness (QED) is 0.906. The Labute approximate surface area is 114 Å². The molecule has 0 radical (unpaired) electrons. The van der Waals surface area contributed by atoms with Crippen LogP contribution in [-0.2, 0) is 4.74 Å². The van der Waals surface area contributed by atoms with Crippen LogP contribution in [0, 0.1) is 0 Å². The van der Waals surface area contributed by atoms with Crippen LogP contribution in [0.5, 0.6) is 0 Å². The number of aromatic amines is 1. The standard InChI is InChI=1S/C14H24N4O/c1-3-8-18(9-7-12-5-2-4-10-19-12)13(6-1)14-15-11-16-17-14/h11-13H,1-10H2,(H,15,16,17). The van der Waals surface area contributed by atoms with Crippen molar-refractivity contribution in [2.24, 2.45) is 0 Å². The summed E-state index contributed by atoms with van der Waals surface area (Å²) >= 11 is 0. The number of hydrogen-bond acceptors (Lipinski definition) is 4. The molecule has 0 bridgehead atoms. The Balaban J connectivity index is 1.55. The third-order valence-corrected chi connectivity index (χ3v) is 4.38. The molecular formula is C14H24N4O. The third-order valence-electron chi connectivity index (χ3n) is 4.38. The van der Waals surface area contributed by atoms with Crippen LogP contribution in [0.1, 0.15) is 56.8 Å². The van der Waals surface area contributed by atoms with Crippen molar-refractivity contribution >= 4 is 0 Å². The lowest BCUT2D eigenvalue weighted by molar-refractivity contribution is 0.000186. The normalized spacial score (nSPS) is 29.5. The van der Waals surface area contributed by atoms with E-state index >= 15 is 0 Å². The van der Waals surface area contributed by atoms with E-state index < -0.39 is 0 Å². The zero-order valence-corrected chi connectivity index (χ0v) is 11.6. The maximum absolute atomic E-state index is 5.83. The number of nitrogens with one attached hydrogen (secondary N) is 1. The SMILES string of the molecule is c1n[nH]c(C2CCCCN2CCC2CCCCO2)n1. The third kappa shape index (κ3) is 3.34. The van der Waals surface area contributed by atoms with E-state index in [1.165, 1.54) is 45.1 Å². The van der Waals surface area contributed by atoms with Crippen molar-refractivity contribution in [2.45, 2.75) is 57.1 Å². The van der Waals surface area contributed by atoms with E-state index in [0.717, 1.165) is 25.4 Å². The van der Waals surface area contributed by atoms with E-state index in [4.69, 9.17) is 4.74 Å². The summed E-state index contributed by atoms with van der Waals surface area (Å²) in [6, 6.07) is 0.430. The summed E-state index contributed by atoms with van der Waals surface area (Å²) in [5.41, 5.74) is 0. The highest BCUT2D eigenvalue weighted by atomic mass is 16.5. The summed E-state index contributed by atoms with van der Waals surface area (Å²) in [6.07, 6.45) is 10.8. The van der Waals surface area contributed by atoms with Crippen molar-refractivity contribution in [3.05, 3.63) is 12.2 Å². The first kappa shape index (κ1) is 13.1. The first-order valence-electron chi connectivity index (χ1n) is 7.64. The molecular weight excluding hydrogens is 240 g/mol. The smallest absolute Gasteiger partial charge is 0.141 e. The summed E-state index contributed by atoms with van der Waals surface area (Å²) in [5.74, 6) is 1.03. The van der Waals surface area contributed by atoms with Gasteiger partial charge < -0.3 is 4.74 Å². The molecule has 2 unspecified atom stereocenters. The van der Waals surface area contributed by atoms with Crippen LogP contribution < -0.4 is 0 Å². The molecule has 5 heteroatoms. The van der Waals surface area contributed by atoms with E-state index in [1.807, 2.05) is 0 Å². The highest BCUT2D eigenvalue weighted by Gasteiger charge is 2.26. The highest BCUT2D eigenvalue weighted by molar-refractivity contribution is 4.94. The number of piperidine rings is 1. The highest BCUT2D eigenvalue weighted by Crippen LogP contribution is 2.29. The van der Waals surface area contributed by atoms with Crippen molar-refractivity contribution in [1.29, 1.82) is 0 Å². The number of aromatic nitrogens is 3. The second-order valence-electron chi connectivity index (χ2n) is 5.70. The molecule has 2 aliphatic rings. The van der Waals surface area contributed by atoms with Crippen LogP contribution in [0.3, 0.4) is 0 Å².